The van der Waals surface area contributed by atoms with E-state index in [9.17, 15) is 13.2 Å². The Morgan fingerprint density at radius 2 is 1.76 bits per heavy atom. The first-order chi connectivity index (χ1) is 10.0. The fourth-order valence-corrected chi connectivity index (χ4v) is 4.53. The lowest BCUT2D eigenvalue weighted by Gasteiger charge is -2.21. The van der Waals surface area contributed by atoms with Gasteiger partial charge in [-0.3, -0.25) is 4.79 Å². The second-order valence-electron chi connectivity index (χ2n) is 5.45. The van der Waals surface area contributed by atoms with Crippen LogP contribution in [0.25, 0.3) is 0 Å². The Balaban J connectivity index is 2.02. The van der Waals surface area contributed by atoms with Crippen LogP contribution in [0.5, 0.6) is 5.75 Å². The van der Waals surface area contributed by atoms with E-state index in [4.69, 9.17) is 4.74 Å². The summed E-state index contributed by atoms with van der Waals surface area (Å²) in [5.41, 5.74) is 0.429. The van der Waals surface area contributed by atoms with E-state index in [-0.39, 0.29) is 16.8 Å². The van der Waals surface area contributed by atoms with Gasteiger partial charge in [-0.15, -0.1) is 0 Å². The second kappa shape index (κ2) is 7.07. The Kier molecular flexibility index (Phi) is 5.39. The van der Waals surface area contributed by atoms with Gasteiger partial charge in [-0.1, -0.05) is 19.3 Å². The van der Waals surface area contributed by atoms with Crippen LogP contribution in [0, 0.1) is 0 Å². The molecule has 116 valence electrons. The van der Waals surface area contributed by atoms with Crippen molar-refractivity contribution in [1.29, 1.82) is 0 Å². The van der Waals surface area contributed by atoms with Crippen LogP contribution in [0.1, 0.15) is 49.4 Å². The van der Waals surface area contributed by atoms with E-state index in [1.54, 1.807) is 24.3 Å². The molecule has 0 bridgehead atoms. The van der Waals surface area contributed by atoms with Gasteiger partial charge < -0.3 is 4.74 Å². The smallest absolute Gasteiger partial charge is 0.177 e. The van der Waals surface area contributed by atoms with Gasteiger partial charge in [0.2, 0.25) is 0 Å². The summed E-state index contributed by atoms with van der Waals surface area (Å²) >= 11 is 0. The zero-order valence-electron chi connectivity index (χ0n) is 12.4. The van der Waals surface area contributed by atoms with Crippen LogP contribution in [0.3, 0.4) is 0 Å². The molecule has 5 heteroatoms. The minimum Gasteiger partial charge on any atom is -0.494 e. The summed E-state index contributed by atoms with van der Waals surface area (Å²) in [4.78, 5) is 12.2. The first-order valence-corrected chi connectivity index (χ1v) is 9.22. The van der Waals surface area contributed by atoms with E-state index >= 15 is 0 Å². The van der Waals surface area contributed by atoms with Gasteiger partial charge in [0.05, 0.1) is 11.9 Å². The Morgan fingerprint density at radius 3 is 2.33 bits per heavy atom. The van der Waals surface area contributed by atoms with Crippen LogP contribution < -0.4 is 4.74 Å². The lowest BCUT2D eigenvalue weighted by atomic mass is 10.0. The third-order valence-corrected chi connectivity index (χ3v) is 6.03. The predicted molar refractivity (Wildman–Crippen MR) is 82.6 cm³/mol. The topological polar surface area (TPSA) is 60.4 Å². The molecule has 0 aliphatic heterocycles. The third kappa shape index (κ3) is 4.30. The summed E-state index contributed by atoms with van der Waals surface area (Å²) in [7, 11) is -3.33. The highest BCUT2D eigenvalue weighted by molar-refractivity contribution is 7.92. The van der Waals surface area contributed by atoms with Crippen LogP contribution >= 0.6 is 0 Å². The second-order valence-corrected chi connectivity index (χ2v) is 7.73. The number of hydrogen-bond donors (Lipinski definition) is 0. The van der Waals surface area contributed by atoms with Crippen molar-refractivity contribution in [3.05, 3.63) is 29.8 Å². The minimum absolute atomic E-state index is 0.330. The maximum absolute atomic E-state index is 12.3. The van der Waals surface area contributed by atoms with E-state index in [0.717, 1.165) is 19.3 Å². The zero-order valence-corrected chi connectivity index (χ0v) is 13.2. The molecule has 4 nitrogen and oxygen atoms in total. The van der Waals surface area contributed by atoms with Crippen LogP contribution in [0.15, 0.2) is 24.3 Å². The van der Waals surface area contributed by atoms with Gasteiger partial charge in [0.1, 0.15) is 11.5 Å². The standard InChI is InChI=1S/C16H22O4S/c1-2-20-14-10-8-13(9-11-14)16(17)12-21(18,19)15-6-4-3-5-7-15/h8-11,15H,2-7,12H2,1H3. The molecule has 0 atom stereocenters. The molecule has 0 amide bonds. The van der Waals surface area contributed by atoms with Gasteiger partial charge >= 0.3 is 0 Å². The Bertz CT molecular complexity index is 569. The summed E-state index contributed by atoms with van der Waals surface area (Å²) in [6.45, 7) is 2.44. The van der Waals surface area contributed by atoms with E-state index in [2.05, 4.69) is 0 Å². The Morgan fingerprint density at radius 1 is 1.14 bits per heavy atom. The highest BCUT2D eigenvalue weighted by atomic mass is 32.2. The van der Waals surface area contributed by atoms with E-state index in [1.165, 1.54) is 0 Å². The van der Waals surface area contributed by atoms with Crippen molar-refractivity contribution >= 4 is 15.6 Å². The number of Topliss-reactive ketones (excluding diaryl/α,β-unsaturated/α-hetero) is 1. The van der Waals surface area contributed by atoms with Crippen molar-refractivity contribution in [3.8, 4) is 5.75 Å². The first-order valence-electron chi connectivity index (χ1n) is 7.50. The average molecular weight is 310 g/mol. The van der Waals surface area contributed by atoms with Crippen molar-refractivity contribution in [1.82, 2.24) is 0 Å². The molecule has 0 saturated heterocycles. The fraction of sp³-hybridized carbons (Fsp3) is 0.562. The number of carbonyl (C=O) groups excluding carboxylic acids is 1. The number of rotatable bonds is 6. The molecular formula is C16H22O4S. The first kappa shape index (κ1) is 16.0. The van der Waals surface area contributed by atoms with Crippen molar-refractivity contribution in [2.45, 2.75) is 44.3 Å². The van der Waals surface area contributed by atoms with Gasteiger partial charge in [-0.2, -0.15) is 0 Å². The SMILES string of the molecule is CCOc1ccc(C(=O)CS(=O)(=O)C2CCCCC2)cc1. The number of benzene rings is 1. The molecule has 21 heavy (non-hydrogen) atoms. The lowest BCUT2D eigenvalue weighted by molar-refractivity contribution is 0.102. The van der Waals surface area contributed by atoms with Gasteiger partial charge in [-0.25, -0.2) is 8.42 Å². The van der Waals surface area contributed by atoms with Gasteiger partial charge in [-0.05, 0) is 44.0 Å². The third-order valence-electron chi connectivity index (χ3n) is 3.88. The number of carbonyl (C=O) groups is 1. The number of ether oxygens (including phenoxy) is 1. The predicted octanol–water partition coefficient (Wildman–Crippen LogP) is 3.02. The molecule has 1 saturated carbocycles. The number of hydrogen-bond acceptors (Lipinski definition) is 4. The summed E-state index contributed by atoms with van der Waals surface area (Å²) in [5.74, 6) is -0.0288. The van der Waals surface area contributed by atoms with Gasteiger partial charge in [0.15, 0.2) is 15.6 Å². The van der Waals surface area contributed by atoms with Crippen LogP contribution in [0.2, 0.25) is 0 Å². The zero-order chi connectivity index (χ0) is 15.3. The monoisotopic (exact) mass is 310 g/mol. The highest BCUT2D eigenvalue weighted by Gasteiger charge is 2.29. The quantitative estimate of drug-likeness (QED) is 0.758. The van der Waals surface area contributed by atoms with Gasteiger partial charge in [0.25, 0.3) is 0 Å². The fourth-order valence-electron chi connectivity index (χ4n) is 2.71. The summed E-state index contributed by atoms with van der Waals surface area (Å²) < 4.78 is 29.9. The normalized spacial score (nSPS) is 16.6. The van der Waals surface area contributed by atoms with E-state index in [1.807, 2.05) is 6.92 Å². The van der Waals surface area contributed by atoms with E-state index in [0.29, 0.717) is 30.8 Å². The minimum atomic E-state index is -3.33. The molecule has 0 N–H and O–H groups in total. The Hall–Kier alpha value is -1.36. The van der Waals surface area contributed by atoms with Crippen LogP contribution in [-0.2, 0) is 9.84 Å². The molecule has 0 aromatic heterocycles. The van der Waals surface area contributed by atoms with Crippen molar-refractivity contribution in [2.24, 2.45) is 0 Å². The van der Waals surface area contributed by atoms with E-state index < -0.39 is 9.84 Å². The van der Waals surface area contributed by atoms with Crippen LogP contribution in [0.4, 0.5) is 0 Å². The Labute approximate surface area is 126 Å². The number of sulfone groups is 1. The summed E-state index contributed by atoms with van der Waals surface area (Å²) in [5, 5.41) is -0.335. The molecule has 0 spiro atoms. The molecule has 2 rings (SSSR count). The molecule has 1 aliphatic rings. The van der Waals surface area contributed by atoms with Crippen molar-refractivity contribution in [3.63, 3.8) is 0 Å². The summed E-state index contributed by atoms with van der Waals surface area (Å²) in [6, 6.07) is 6.65. The molecular weight excluding hydrogens is 288 g/mol. The maximum atomic E-state index is 12.3. The molecule has 0 unspecified atom stereocenters. The van der Waals surface area contributed by atoms with Crippen molar-refractivity contribution in [2.75, 3.05) is 12.4 Å². The molecule has 1 fully saturated rings. The average Bonchev–Trinajstić information content (AvgIpc) is 2.49. The lowest BCUT2D eigenvalue weighted by Crippen LogP contribution is -2.29. The molecule has 0 radical (unpaired) electrons. The van der Waals surface area contributed by atoms with Crippen LogP contribution in [-0.4, -0.2) is 31.8 Å². The van der Waals surface area contributed by atoms with Gasteiger partial charge in [0, 0.05) is 5.56 Å². The number of ketones is 1. The highest BCUT2D eigenvalue weighted by Crippen LogP contribution is 2.25. The maximum Gasteiger partial charge on any atom is 0.177 e. The molecule has 0 heterocycles. The molecule has 1 aromatic carbocycles. The van der Waals surface area contributed by atoms with Crippen molar-refractivity contribution < 1.29 is 17.9 Å². The molecule has 1 aliphatic carbocycles. The summed E-state index contributed by atoms with van der Waals surface area (Å²) in [6.07, 6.45) is 4.37. The molecule has 1 aromatic rings. The largest absolute Gasteiger partial charge is 0.494 e.